The van der Waals surface area contributed by atoms with Crippen molar-refractivity contribution in [2.75, 3.05) is 12.1 Å². The molecule has 0 saturated heterocycles. The molecule has 0 spiro atoms. The molecular weight excluding hydrogens is 344 g/mol. The Morgan fingerprint density at radius 3 is 2.56 bits per heavy atom. The normalized spacial score (nSPS) is 11.9. The molecule has 2 aromatic carbocycles. The van der Waals surface area contributed by atoms with Crippen LogP contribution in [0.5, 0.6) is 11.5 Å². The van der Waals surface area contributed by atoms with Crippen LogP contribution in [0.1, 0.15) is 21.5 Å². The molecular formula is C20H18N4O3. The van der Waals surface area contributed by atoms with E-state index in [1.807, 2.05) is 49.4 Å². The maximum absolute atomic E-state index is 12.3. The maximum Gasteiger partial charge on any atom is 0.254 e. The molecule has 7 heteroatoms. The highest BCUT2D eigenvalue weighted by molar-refractivity contribution is 5.93. The summed E-state index contributed by atoms with van der Waals surface area (Å²) in [5, 5.41) is 5.95. The molecule has 3 aromatic rings. The number of carbonyl (C=O) groups is 1. The van der Waals surface area contributed by atoms with Crippen LogP contribution in [0.4, 0.5) is 11.6 Å². The summed E-state index contributed by atoms with van der Waals surface area (Å²) in [4.78, 5) is 20.7. The largest absolute Gasteiger partial charge is 0.454 e. The van der Waals surface area contributed by atoms with Crippen molar-refractivity contribution in [1.29, 1.82) is 0 Å². The van der Waals surface area contributed by atoms with E-state index < -0.39 is 0 Å². The molecule has 0 bridgehead atoms. The first-order chi connectivity index (χ1) is 13.2. The van der Waals surface area contributed by atoms with Gasteiger partial charge in [0, 0.05) is 24.6 Å². The Balaban J connectivity index is 1.35. The fourth-order valence-electron chi connectivity index (χ4n) is 2.61. The van der Waals surface area contributed by atoms with Crippen molar-refractivity contribution in [2.45, 2.75) is 13.5 Å². The monoisotopic (exact) mass is 362 g/mol. The number of benzene rings is 2. The van der Waals surface area contributed by atoms with E-state index in [4.69, 9.17) is 9.47 Å². The van der Waals surface area contributed by atoms with Crippen LogP contribution in [0.3, 0.4) is 0 Å². The molecule has 0 unspecified atom stereocenters. The number of fused-ring (bicyclic) bond motifs is 1. The van der Waals surface area contributed by atoms with Gasteiger partial charge in [0.1, 0.15) is 0 Å². The number of hydrogen-bond donors (Lipinski definition) is 2. The third kappa shape index (κ3) is 3.98. The van der Waals surface area contributed by atoms with Crippen molar-refractivity contribution in [2.24, 2.45) is 0 Å². The zero-order valence-corrected chi connectivity index (χ0v) is 14.7. The van der Waals surface area contributed by atoms with Crippen molar-refractivity contribution in [1.82, 2.24) is 15.3 Å². The summed E-state index contributed by atoms with van der Waals surface area (Å²) >= 11 is 0. The molecule has 1 amide bonds. The van der Waals surface area contributed by atoms with Crippen molar-refractivity contribution >= 4 is 17.5 Å². The van der Waals surface area contributed by atoms with Crippen LogP contribution >= 0.6 is 0 Å². The van der Waals surface area contributed by atoms with Crippen molar-refractivity contribution in [3.63, 3.8) is 0 Å². The highest BCUT2D eigenvalue weighted by atomic mass is 16.7. The lowest BCUT2D eigenvalue weighted by molar-refractivity contribution is 0.0950. The van der Waals surface area contributed by atoms with E-state index in [1.165, 1.54) is 18.0 Å². The van der Waals surface area contributed by atoms with Gasteiger partial charge in [0.15, 0.2) is 11.5 Å². The van der Waals surface area contributed by atoms with Gasteiger partial charge in [-0.25, -0.2) is 9.97 Å². The molecule has 27 heavy (non-hydrogen) atoms. The van der Waals surface area contributed by atoms with Crippen LogP contribution in [0.2, 0.25) is 0 Å². The number of nitrogens with zero attached hydrogens (tertiary/aromatic N) is 2. The first-order valence-electron chi connectivity index (χ1n) is 8.50. The van der Waals surface area contributed by atoms with Gasteiger partial charge >= 0.3 is 0 Å². The summed E-state index contributed by atoms with van der Waals surface area (Å²) in [5.41, 5.74) is 3.38. The van der Waals surface area contributed by atoms with E-state index in [9.17, 15) is 4.79 Å². The Bertz CT molecular complexity index is 956. The number of amides is 1. The third-order valence-corrected chi connectivity index (χ3v) is 4.11. The number of aryl methyl sites for hydroxylation is 1. The molecule has 0 atom stereocenters. The van der Waals surface area contributed by atoms with Crippen LogP contribution in [0, 0.1) is 6.92 Å². The first kappa shape index (κ1) is 16.8. The topological polar surface area (TPSA) is 85.4 Å². The third-order valence-electron chi connectivity index (χ3n) is 4.11. The minimum atomic E-state index is -0.241. The molecule has 0 aliphatic carbocycles. The first-order valence-corrected chi connectivity index (χ1v) is 8.50. The molecule has 0 saturated carbocycles. The number of ether oxygens (including phenoxy) is 2. The van der Waals surface area contributed by atoms with Gasteiger partial charge in [-0.3, -0.25) is 4.79 Å². The predicted octanol–water partition coefficient (Wildman–Crippen LogP) is 3.19. The van der Waals surface area contributed by atoms with Gasteiger partial charge in [0.2, 0.25) is 12.7 Å². The molecule has 136 valence electrons. The molecule has 1 aliphatic rings. The van der Waals surface area contributed by atoms with Crippen molar-refractivity contribution < 1.29 is 14.3 Å². The molecule has 2 N–H and O–H groups in total. The Hall–Kier alpha value is -3.61. The second-order valence-electron chi connectivity index (χ2n) is 6.16. The highest BCUT2D eigenvalue weighted by Crippen LogP contribution is 2.32. The summed E-state index contributed by atoms with van der Waals surface area (Å²) in [5.74, 6) is 1.60. The predicted molar refractivity (Wildman–Crippen MR) is 100 cm³/mol. The molecule has 1 aromatic heterocycles. The van der Waals surface area contributed by atoms with Gasteiger partial charge in [0.05, 0.1) is 5.56 Å². The van der Waals surface area contributed by atoms with E-state index in [1.54, 1.807) is 0 Å². The van der Waals surface area contributed by atoms with Crippen molar-refractivity contribution in [3.8, 4) is 11.5 Å². The minimum Gasteiger partial charge on any atom is -0.454 e. The fourth-order valence-corrected chi connectivity index (χ4v) is 2.61. The summed E-state index contributed by atoms with van der Waals surface area (Å²) in [7, 11) is 0. The van der Waals surface area contributed by atoms with Crippen molar-refractivity contribution in [3.05, 3.63) is 71.5 Å². The van der Waals surface area contributed by atoms with E-state index in [0.29, 0.717) is 23.8 Å². The number of hydrogen-bond acceptors (Lipinski definition) is 6. The minimum absolute atomic E-state index is 0.228. The lowest BCUT2D eigenvalue weighted by Crippen LogP contribution is -2.23. The van der Waals surface area contributed by atoms with Crippen LogP contribution in [-0.2, 0) is 6.54 Å². The van der Waals surface area contributed by atoms with Gasteiger partial charge in [-0.2, -0.15) is 0 Å². The lowest BCUT2D eigenvalue weighted by atomic mass is 10.2. The fraction of sp³-hybridized carbons (Fsp3) is 0.150. The van der Waals surface area contributed by atoms with Crippen LogP contribution < -0.4 is 20.1 Å². The van der Waals surface area contributed by atoms with Gasteiger partial charge in [-0.15, -0.1) is 0 Å². The maximum atomic E-state index is 12.3. The van der Waals surface area contributed by atoms with Gasteiger partial charge in [-0.05, 0) is 36.8 Å². The Kier molecular flexibility index (Phi) is 4.57. The number of aromatic nitrogens is 2. The van der Waals surface area contributed by atoms with Crippen LogP contribution in [0.15, 0.2) is 54.9 Å². The molecule has 0 radical (unpaired) electrons. The molecule has 1 aliphatic heterocycles. The SMILES string of the molecule is Cc1ccc(Nc2ncc(C(=O)NCc3ccc4c(c3)OCO4)cn2)cc1. The summed E-state index contributed by atoms with van der Waals surface area (Å²) < 4.78 is 10.6. The Labute approximate surface area is 156 Å². The number of carbonyl (C=O) groups excluding carboxylic acids is 1. The average molecular weight is 362 g/mol. The standard InChI is InChI=1S/C20H18N4O3/c1-13-2-5-16(6-3-13)24-20-22-10-15(11-23-20)19(25)21-9-14-4-7-17-18(8-14)27-12-26-17/h2-8,10-11H,9,12H2,1H3,(H,21,25)(H,22,23,24). The van der Waals surface area contributed by atoms with E-state index in [-0.39, 0.29) is 12.7 Å². The van der Waals surface area contributed by atoms with Gasteiger partial charge in [0.25, 0.3) is 5.91 Å². The molecule has 2 heterocycles. The second kappa shape index (κ2) is 7.33. The smallest absolute Gasteiger partial charge is 0.254 e. The quantitative estimate of drug-likeness (QED) is 0.725. The van der Waals surface area contributed by atoms with E-state index >= 15 is 0 Å². The van der Waals surface area contributed by atoms with Crippen LogP contribution in [0.25, 0.3) is 0 Å². The summed E-state index contributed by atoms with van der Waals surface area (Å²) in [6.45, 7) is 2.63. The van der Waals surface area contributed by atoms with E-state index in [2.05, 4.69) is 20.6 Å². The average Bonchev–Trinajstić information content (AvgIpc) is 3.16. The van der Waals surface area contributed by atoms with Crippen LogP contribution in [-0.4, -0.2) is 22.7 Å². The van der Waals surface area contributed by atoms with E-state index in [0.717, 1.165) is 17.0 Å². The van der Waals surface area contributed by atoms with Gasteiger partial charge in [-0.1, -0.05) is 23.8 Å². The molecule has 4 rings (SSSR count). The second-order valence-corrected chi connectivity index (χ2v) is 6.16. The Morgan fingerprint density at radius 1 is 1.04 bits per heavy atom. The Morgan fingerprint density at radius 2 is 1.78 bits per heavy atom. The zero-order chi connectivity index (χ0) is 18.6. The van der Waals surface area contributed by atoms with Gasteiger partial charge < -0.3 is 20.1 Å². The summed E-state index contributed by atoms with van der Waals surface area (Å²) in [6, 6.07) is 13.5. The zero-order valence-electron chi connectivity index (χ0n) is 14.7. The molecule has 7 nitrogen and oxygen atoms in total. The highest BCUT2D eigenvalue weighted by Gasteiger charge is 2.14. The summed E-state index contributed by atoms with van der Waals surface area (Å²) in [6.07, 6.45) is 3.00. The molecule has 0 fully saturated rings. The number of anilines is 2. The number of rotatable bonds is 5. The number of nitrogens with one attached hydrogen (secondary N) is 2. The lowest BCUT2D eigenvalue weighted by Gasteiger charge is -2.07.